The lowest BCUT2D eigenvalue weighted by Gasteiger charge is -2.01. The van der Waals surface area contributed by atoms with Gasteiger partial charge >= 0.3 is 0 Å². The van der Waals surface area contributed by atoms with Crippen LogP contribution >= 0.6 is 0 Å². The quantitative estimate of drug-likeness (QED) is 0.726. The van der Waals surface area contributed by atoms with E-state index in [2.05, 4.69) is 24.0 Å². The van der Waals surface area contributed by atoms with Gasteiger partial charge in [-0.1, -0.05) is 12.1 Å². The van der Waals surface area contributed by atoms with Crippen LogP contribution in [0.1, 0.15) is 12.5 Å². The summed E-state index contributed by atoms with van der Waals surface area (Å²) in [6.45, 7) is 4.67. The molecule has 74 valence electrons. The summed E-state index contributed by atoms with van der Waals surface area (Å²) in [6, 6.07) is 6.84. The van der Waals surface area contributed by atoms with E-state index in [0.717, 1.165) is 11.0 Å². The van der Waals surface area contributed by atoms with E-state index < -0.39 is 0 Å². The Bertz CT molecular complexity index is 460. The molecule has 0 spiro atoms. The molecule has 0 radical (unpaired) electrons. The fraction of sp³-hybridized carbons (Fsp3) is 0.364. The Hall–Kier alpha value is -1.51. The molecule has 0 aliphatic carbocycles. The number of nitrogens with zero attached hydrogens (tertiary/aromatic N) is 2. The second-order valence-electron chi connectivity index (χ2n) is 3.33. The molecule has 0 aliphatic heterocycles. The number of imidazole rings is 1. The number of rotatable bonds is 2. The molecule has 2 aromatic rings. The molecule has 0 unspecified atom stereocenters. The smallest absolute Gasteiger partial charge is 0.297 e. The van der Waals surface area contributed by atoms with Crippen molar-refractivity contribution in [3.63, 3.8) is 0 Å². The minimum absolute atomic E-state index is 0.649. The first-order valence-electron chi connectivity index (χ1n) is 4.79. The molecule has 0 fully saturated rings. The van der Waals surface area contributed by atoms with Crippen molar-refractivity contribution >= 4 is 11.0 Å². The van der Waals surface area contributed by atoms with Gasteiger partial charge in [0.15, 0.2) is 0 Å². The highest BCUT2D eigenvalue weighted by atomic mass is 16.5. The Morgan fingerprint density at radius 3 is 2.86 bits per heavy atom. The zero-order valence-electron chi connectivity index (χ0n) is 8.74. The number of aryl methyl sites for hydroxylation is 2. The number of fused-ring (bicyclic) bond motifs is 1. The average molecular weight is 190 g/mol. The van der Waals surface area contributed by atoms with Gasteiger partial charge in [-0.2, -0.15) is 4.98 Å². The summed E-state index contributed by atoms with van der Waals surface area (Å²) in [5.74, 6) is 0. The first-order valence-corrected chi connectivity index (χ1v) is 4.79. The maximum Gasteiger partial charge on any atom is 0.297 e. The molecule has 0 saturated heterocycles. The van der Waals surface area contributed by atoms with Gasteiger partial charge in [0.25, 0.3) is 6.01 Å². The fourth-order valence-electron chi connectivity index (χ4n) is 1.59. The van der Waals surface area contributed by atoms with Crippen LogP contribution in [0.3, 0.4) is 0 Å². The Morgan fingerprint density at radius 2 is 2.21 bits per heavy atom. The third-order valence-corrected chi connectivity index (χ3v) is 2.35. The first-order chi connectivity index (χ1) is 6.74. The van der Waals surface area contributed by atoms with E-state index in [0.29, 0.717) is 12.6 Å². The Balaban J connectivity index is 2.67. The van der Waals surface area contributed by atoms with Crippen molar-refractivity contribution in [1.82, 2.24) is 9.55 Å². The Morgan fingerprint density at radius 1 is 1.43 bits per heavy atom. The monoisotopic (exact) mass is 190 g/mol. The molecule has 3 nitrogen and oxygen atoms in total. The molecule has 14 heavy (non-hydrogen) atoms. The second kappa shape index (κ2) is 3.33. The van der Waals surface area contributed by atoms with E-state index in [9.17, 15) is 0 Å². The van der Waals surface area contributed by atoms with Crippen molar-refractivity contribution in [3.05, 3.63) is 23.8 Å². The number of ether oxygens (including phenoxy) is 1. The molecule has 0 saturated carbocycles. The van der Waals surface area contributed by atoms with Crippen molar-refractivity contribution in [2.75, 3.05) is 6.61 Å². The maximum absolute atomic E-state index is 5.43. The molecule has 0 N–H and O–H groups in total. The van der Waals surface area contributed by atoms with Crippen LogP contribution in [0.15, 0.2) is 18.2 Å². The number of aromatic nitrogens is 2. The van der Waals surface area contributed by atoms with Gasteiger partial charge in [0.05, 0.1) is 17.6 Å². The minimum atomic E-state index is 0.649. The average Bonchev–Trinajstić information content (AvgIpc) is 2.48. The molecule has 1 aromatic heterocycles. The molecule has 1 heterocycles. The van der Waals surface area contributed by atoms with E-state index in [1.54, 1.807) is 0 Å². The van der Waals surface area contributed by atoms with Gasteiger partial charge in [-0.3, -0.25) is 4.57 Å². The van der Waals surface area contributed by atoms with Crippen molar-refractivity contribution in [2.45, 2.75) is 13.8 Å². The third-order valence-electron chi connectivity index (χ3n) is 2.35. The first kappa shape index (κ1) is 9.06. The Kier molecular flexibility index (Phi) is 2.15. The standard InChI is InChI=1S/C11H14N2O/c1-4-14-11-12-10-8(2)6-5-7-9(10)13(11)3/h5-7H,4H2,1-3H3. The molecule has 1 aromatic carbocycles. The van der Waals surface area contributed by atoms with Crippen LogP contribution < -0.4 is 4.74 Å². The number of benzene rings is 1. The SMILES string of the molecule is CCOc1nc2c(C)cccc2n1C. The van der Waals surface area contributed by atoms with Gasteiger partial charge in [-0.05, 0) is 25.5 Å². The van der Waals surface area contributed by atoms with Crippen LogP contribution in [-0.4, -0.2) is 16.2 Å². The van der Waals surface area contributed by atoms with Crippen LogP contribution in [0.5, 0.6) is 6.01 Å². The van der Waals surface area contributed by atoms with Crippen LogP contribution in [0.2, 0.25) is 0 Å². The van der Waals surface area contributed by atoms with Gasteiger partial charge in [0.2, 0.25) is 0 Å². The van der Waals surface area contributed by atoms with Crippen molar-refractivity contribution < 1.29 is 4.74 Å². The van der Waals surface area contributed by atoms with Crippen molar-refractivity contribution in [3.8, 4) is 6.01 Å². The predicted octanol–water partition coefficient (Wildman–Crippen LogP) is 2.28. The number of hydrogen-bond donors (Lipinski definition) is 0. The van der Waals surface area contributed by atoms with E-state index in [-0.39, 0.29) is 0 Å². The maximum atomic E-state index is 5.43. The highest BCUT2D eigenvalue weighted by molar-refractivity contribution is 5.79. The van der Waals surface area contributed by atoms with Gasteiger partial charge in [0.1, 0.15) is 0 Å². The van der Waals surface area contributed by atoms with E-state index in [4.69, 9.17) is 4.74 Å². The van der Waals surface area contributed by atoms with E-state index in [1.165, 1.54) is 5.56 Å². The van der Waals surface area contributed by atoms with Gasteiger partial charge in [0, 0.05) is 7.05 Å². The zero-order valence-corrected chi connectivity index (χ0v) is 8.74. The van der Waals surface area contributed by atoms with Gasteiger partial charge in [-0.15, -0.1) is 0 Å². The molecule has 2 rings (SSSR count). The Labute approximate surface area is 83.3 Å². The highest BCUT2D eigenvalue weighted by Crippen LogP contribution is 2.22. The molecular formula is C11H14N2O. The van der Waals surface area contributed by atoms with Crippen molar-refractivity contribution in [2.24, 2.45) is 7.05 Å². The number of hydrogen-bond acceptors (Lipinski definition) is 2. The summed E-state index contributed by atoms with van der Waals surface area (Å²) in [5, 5.41) is 0. The molecule has 0 aliphatic rings. The van der Waals surface area contributed by atoms with Crippen molar-refractivity contribution in [1.29, 1.82) is 0 Å². The lowest BCUT2D eigenvalue weighted by molar-refractivity contribution is 0.304. The number of para-hydroxylation sites is 1. The molecular weight excluding hydrogens is 176 g/mol. The predicted molar refractivity (Wildman–Crippen MR) is 56.6 cm³/mol. The molecule has 0 atom stereocenters. The summed E-state index contributed by atoms with van der Waals surface area (Å²) in [4.78, 5) is 4.44. The topological polar surface area (TPSA) is 27.1 Å². The van der Waals surface area contributed by atoms with Gasteiger partial charge in [-0.25, -0.2) is 0 Å². The highest BCUT2D eigenvalue weighted by Gasteiger charge is 2.08. The summed E-state index contributed by atoms with van der Waals surface area (Å²) < 4.78 is 7.41. The van der Waals surface area contributed by atoms with Gasteiger partial charge < -0.3 is 4.74 Å². The lowest BCUT2D eigenvalue weighted by atomic mass is 10.2. The van der Waals surface area contributed by atoms with E-state index >= 15 is 0 Å². The van der Waals surface area contributed by atoms with Crippen LogP contribution in [0.25, 0.3) is 11.0 Å². The zero-order chi connectivity index (χ0) is 10.1. The van der Waals surface area contributed by atoms with Crippen LogP contribution in [-0.2, 0) is 7.05 Å². The summed E-state index contributed by atoms with van der Waals surface area (Å²) >= 11 is 0. The third kappa shape index (κ3) is 1.25. The van der Waals surface area contributed by atoms with Crippen LogP contribution in [0.4, 0.5) is 0 Å². The summed E-state index contributed by atoms with van der Waals surface area (Å²) in [6.07, 6.45) is 0. The summed E-state index contributed by atoms with van der Waals surface area (Å²) in [7, 11) is 1.97. The minimum Gasteiger partial charge on any atom is -0.465 e. The molecule has 3 heteroatoms. The summed E-state index contributed by atoms with van der Waals surface area (Å²) in [5.41, 5.74) is 3.33. The fourth-order valence-corrected chi connectivity index (χ4v) is 1.59. The van der Waals surface area contributed by atoms with E-state index in [1.807, 2.05) is 24.6 Å². The second-order valence-corrected chi connectivity index (χ2v) is 3.33. The molecule has 0 amide bonds. The van der Waals surface area contributed by atoms with Crippen LogP contribution in [0, 0.1) is 6.92 Å². The molecule has 0 bridgehead atoms. The normalized spacial score (nSPS) is 10.8. The largest absolute Gasteiger partial charge is 0.465 e. The lowest BCUT2D eigenvalue weighted by Crippen LogP contribution is -1.98.